The van der Waals surface area contributed by atoms with Gasteiger partial charge >= 0.3 is 0 Å². The first-order valence-corrected chi connectivity index (χ1v) is 5.52. The minimum absolute atomic E-state index is 0.411. The first-order chi connectivity index (χ1) is 6.04. The fraction of sp³-hybridized carbons (Fsp3) is 0.917. The van der Waals surface area contributed by atoms with E-state index in [0.717, 1.165) is 18.9 Å². The average Bonchev–Trinajstić information content (AvgIpc) is 2.05. The topological polar surface area (TPSA) is 12.4 Å². The van der Waals surface area contributed by atoms with Crippen LogP contribution in [0.15, 0.2) is 4.99 Å². The summed E-state index contributed by atoms with van der Waals surface area (Å²) in [6.45, 7) is 12.3. The molecule has 0 amide bonds. The highest BCUT2D eigenvalue weighted by Gasteiger charge is 2.23. The number of aliphatic imine (C=N–C) groups is 1. The third kappa shape index (κ3) is 5.07. The number of nitrogens with zero attached hydrogens (tertiary/aromatic N) is 1. The van der Waals surface area contributed by atoms with Gasteiger partial charge in [0.1, 0.15) is 0 Å². The zero-order valence-corrected chi connectivity index (χ0v) is 9.93. The largest absolute Gasteiger partial charge is 0.298 e. The predicted molar refractivity (Wildman–Crippen MR) is 61.5 cm³/mol. The Morgan fingerprint density at radius 2 is 1.92 bits per heavy atom. The zero-order chi connectivity index (χ0) is 10.3. The van der Waals surface area contributed by atoms with E-state index in [0.29, 0.717) is 5.41 Å². The molecule has 0 heterocycles. The molecule has 0 N–H and O–H groups in total. The molecule has 0 rings (SSSR count). The van der Waals surface area contributed by atoms with Crippen LogP contribution >= 0.6 is 0 Å². The van der Waals surface area contributed by atoms with Gasteiger partial charge in [-0.1, -0.05) is 40.5 Å². The summed E-state index contributed by atoms with van der Waals surface area (Å²) in [7, 11) is 0. The van der Waals surface area contributed by atoms with E-state index in [2.05, 4.69) is 45.8 Å². The lowest BCUT2D eigenvalue weighted by Crippen LogP contribution is -2.22. The van der Waals surface area contributed by atoms with Crippen molar-refractivity contribution < 1.29 is 0 Å². The van der Waals surface area contributed by atoms with Crippen LogP contribution in [0.3, 0.4) is 0 Å². The third-order valence-electron chi connectivity index (χ3n) is 2.98. The lowest BCUT2D eigenvalue weighted by Gasteiger charge is -2.30. The number of hydrogen-bond acceptors (Lipinski definition) is 1. The molecule has 0 aromatic heterocycles. The van der Waals surface area contributed by atoms with Gasteiger partial charge in [0.25, 0.3) is 0 Å². The Morgan fingerprint density at radius 1 is 1.31 bits per heavy atom. The quantitative estimate of drug-likeness (QED) is 0.553. The highest BCUT2D eigenvalue weighted by Crippen LogP contribution is 2.32. The first kappa shape index (κ1) is 12.7. The van der Waals surface area contributed by atoms with Gasteiger partial charge in [-0.2, -0.15) is 0 Å². The second-order valence-corrected chi connectivity index (χ2v) is 4.56. The minimum atomic E-state index is 0.411. The van der Waals surface area contributed by atoms with Crippen LogP contribution in [0.5, 0.6) is 0 Å². The van der Waals surface area contributed by atoms with E-state index in [-0.39, 0.29) is 0 Å². The molecular weight excluding hydrogens is 158 g/mol. The van der Waals surface area contributed by atoms with Crippen LogP contribution in [0, 0.1) is 11.3 Å². The van der Waals surface area contributed by atoms with Gasteiger partial charge in [-0.05, 0) is 30.9 Å². The summed E-state index contributed by atoms with van der Waals surface area (Å²) in [5.41, 5.74) is 0.411. The molecule has 0 aliphatic rings. The van der Waals surface area contributed by atoms with Crippen molar-refractivity contribution in [3.05, 3.63) is 0 Å². The smallest absolute Gasteiger partial charge is 0.0357 e. The lowest BCUT2D eigenvalue weighted by atomic mass is 9.75. The van der Waals surface area contributed by atoms with E-state index in [1.807, 2.05) is 0 Å². The molecule has 1 unspecified atom stereocenters. The number of hydrogen-bond donors (Lipinski definition) is 0. The normalized spacial score (nSPS) is 15.2. The molecule has 1 heteroatoms. The van der Waals surface area contributed by atoms with Crippen molar-refractivity contribution >= 4 is 6.21 Å². The molecule has 1 atom stereocenters. The van der Waals surface area contributed by atoms with Crippen LogP contribution in [-0.4, -0.2) is 12.8 Å². The second kappa shape index (κ2) is 6.17. The molecule has 13 heavy (non-hydrogen) atoms. The summed E-state index contributed by atoms with van der Waals surface area (Å²) in [6.07, 6.45) is 5.82. The molecular formula is C12H25N. The lowest BCUT2D eigenvalue weighted by molar-refractivity contribution is 0.228. The van der Waals surface area contributed by atoms with Crippen LogP contribution < -0.4 is 0 Å². The van der Waals surface area contributed by atoms with Gasteiger partial charge in [0.2, 0.25) is 0 Å². The Balaban J connectivity index is 3.97. The molecule has 78 valence electrons. The molecule has 0 aliphatic heterocycles. The van der Waals surface area contributed by atoms with Crippen molar-refractivity contribution in [3.8, 4) is 0 Å². The highest BCUT2D eigenvalue weighted by molar-refractivity contribution is 5.58. The van der Waals surface area contributed by atoms with Gasteiger partial charge in [0.15, 0.2) is 0 Å². The molecule has 0 saturated carbocycles. The van der Waals surface area contributed by atoms with E-state index in [9.17, 15) is 0 Å². The molecule has 0 saturated heterocycles. The van der Waals surface area contributed by atoms with Crippen LogP contribution in [0.4, 0.5) is 0 Å². The van der Waals surface area contributed by atoms with E-state index < -0.39 is 0 Å². The maximum Gasteiger partial charge on any atom is 0.0357 e. The van der Waals surface area contributed by atoms with E-state index in [4.69, 9.17) is 0 Å². The minimum Gasteiger partial charge on any atom is -0.298 e. The van der Waals surface area contributed by atoms with Gasteiger partial charge < -0.3 is 0 Å². The Hall–Kier alpha value is -0.330. The summed E-state index contributed by atoms with van der Waals surface area (Å²) >= 11 is 0. The zero-order valence-electron chi connectivity index (χ0n) is 9.93. The Kier molecular flexibility index (Phi) is 6.02. The van der Waals surface area contributed by atoms with Gasteiger partial charge in [-0.25, -0.2) is 0 Å². The summed E-state index contributed by atoms with van der Waals surface area (Å²) in [4.78, 5) is 4.27. The molecule has 0 bridgehead atoms. The molecule has 0 aliphatic carbocycles. The monoisotopic (exact) mass is 183 g/mol. The Bertz CT molecular complexity index is 147. The maximum atomic E-state index is 4.27. The van der Waals surface area contributed by atoms with Crippen LogP contribution in [0.2, 0.25) is 0 Å². The molecule has 0 aromatic carbocycles. The summed E-state index contributed by atoms with van der Waals surface area (Å²) in [5, 5.41) is 0. The van der Waals surface area contributed by atoms with E-state index in [1.54, 1.807) is 0 Å². The molecule has 0 fully saturated rings. The standard InChI is InChI=1S/C12H25N/c1-6-8-11(3)12(4,5)9-10-13-7-2/h10-11H,6-9H2,1-5H3. The van der Waals surface area contributed by atoms with Crippen molar-refractivity contribution in [2.45, 2.75) is 53.9 Å². The fourth-order valence-corrected chi connectivity index (χ4v) is 1.45. The van der Waals surface area contributed by atoms with Crippen LogP contribution in [-0.2, 0) is 0 Å². The SMILES string of the molecule is CCCC(C)C(C)(C)CC=NCC. The van der Waals surface area contributed by atoms with E-state index in [1.165, 1.54) is 12.8 Å². The van der Waals surface area contributed by atoms with Gasteiger partial charge in [-0.15, -0.1) is 0 Å². The maximum absolute atomic E-state index is 4.27. The van der Waals surface area contributed by atoms with Crippen molar-refractivity contribution in [2.24, 2.45) is 16.3 Å². The average molecular weight is 183 g/mol. The molecule has 1 nitrogen and oxygen atoms in total. The third-order valence-corrected chi connectivity index (χ3v) is 2.98. The van der Waals surface area contributed by atoms with Crippen molar-refractivity contribution in [2.75, 3.05) is 6.54 Å². The number of rotatable bonds is 6. The Morgan fingerprint density at radius 3 is 2.38 bits per heavy atom. The second-order valence-electron chi connectivity index (χ2n) is 4.56. The van der Waals surface area contributed by atoms with E-state index >= 15 is 0 Å². The van der Waals surface area contributed by atoms with Crippen molar-refractivity contribution in [1.29, 1.82) is 0 Å². The summed E-state index contributed by atoms with van der Waals surface area (Å²) in [5.74, 6) is 0.792. The highest BCUT2D eigenvalue weighted by atomic mass is 14.7. The van der Waals surface area contributed by atoms with Gasteiger partial charge in [0.05, 0.1) is 0 Å². The van der Waals surface area contributed by atoms with Crippen LogP contribution in [0.25, 0.3) is 0 Å². The predicted octanol–water partition coefficient (Wildman–Crippen LogP) is 3.93. The first-order valence-electron chi connectivity index (χ1n) is 5.52. The summed E-state index contributed by atoms with van der Waals surface area (Å²) < 4.78 is 0. The van der Waals surface area contributed by atoms with Crippen molar-refractivity contribution in [1.82, 2.24) is 0 Å². The molecule has 0 radical (unpaired) electrons. The Labute approximate surface area is 83.6 Å². The molecule has 0 aromatic rings. The fourth-order valence-electron chi connectivity index (χ4n) is 1.45. The van der Waals surface area contributed by atoms with Crippen LogP contribution in [0.1, 0.15) is 53.9 Å². The van der Waals surface area contributed by atoms with Crippen molar-refractivity contribution in [3.63, 3.8) is 0 Å². The summed E-state index contributed by atoms with van der Waals surface area (Å²) in [6, 6.07) is 0. The van der Waals surface area contributed by atoms with Gasteiger partial charge in [-0.3, -0.25) is 4.99 Å². The van der Waals surface area contributed by atoms with Gasteiger partial charge in [0, 0.05) is 6.54 Å². The molecule has 0 spiro atoms.